The van der Waals surface area contributed by atoms with Gasteiger partial charge in [-0.25, -0.2) is 13.1 Å². The predicted octanol–water partition coefficient (Wildman–Crippen LogP) is 4.98. The summed E-state index contributed by atoms with van der Waals surface area (Å²) in [6.45, 7) is 4.09. The molecule has 15 heteroatoms. The molecule has 1 atom stereocenters. The smallest absolute Gasteiger partial charge is 0.247 e. The lowest BCUT2D eigenvalue weighted by molar-refractivity contribution is -0.130. The summed E-state index contributed by atoms with van der Waals surface area (Å²) in [7, 11) is -3.66. The number of nitrogens with one attached hydrogen (secondary N) is 5. The Morgan fingerprint density at radius 1 is 0.942 bits per heavy atom. The number of nitrogens with two attached hydrogens (primary N) is 1. The number of H-pyrrole nitrogens is 1. The van der Waals surface area contributed by atoms with E-state index in [1.54, 1.807) is 36.4 Å². The number of aromatic nitrogens is 3. The Bertz CT molecular complexity index is 1940. The van der Waals surface area contributed by atoms with Gasteiger partial charge in [-0.15, -0.1) is 22.6 Å². The number of carbonyl (C=O) groups excluding carboxylic acids is 2. The summed E-state index contributed by atoms with van der Waals surface area (Å²) in [5, 5.41) is 17.2. The first-order valence-corrected chi connectivity index (χ1v) is 19.4. The molecular weight excluding hydrogens is 723 g/mol. The topological polar surface area (TPSA) is 184 Å². The zero-order chi connectivity index (χ0) is 36.0. The zero-order valence-corrected chi connectivity index (χ0v) is 31.4. The van der Waals surface area contributed by atoms with Crippen molar-refractivity contribution in [1.82, 2.24) is 30.5 Å². The van der Waals surface area contributed by atoms with Crippen LogP contribution in [-0.4, -0.2) is 67.1 Å². The molecule has 278 valence electrons. The number of carbonyl (C=O) groups is 2. The Balaban J connectivity index is 0.00000523. The van der Waals surface area contributed by atoms with E-state index in [-0.39, 0.29) is 52.8 Å². The molecule has 2 aliphatic rings. The first-order valence-electron chi connectivity index (χ1n) is 17.5. The fourth-order valence-electron chi connectivity index (χ4n) is 6.93. The van der Waals surface area contributed by atoms with Crippen LogP contribution < -0.4 is 26.4 Å². The third-order valence-electron chi connectivity index (χ3n) is 9.92. The van der Waals surface area contributed by atoms with Crippen LogP contribution in [0.15, 0.2) is 71.6 Å². The minimum Gasteiger partial charge on any atom is -0.344 e. The Morgan fingerprint density at radius 3 is 2.33 bits per heavy atom. The van der Waals surface area contributed by atoms with Crippen LogP contribution in [0.25, 0.3) is 22.5 Å². The van der Waals surface area contributed by atoms with E-state index < -0.39 is 16.1 Å². The number of rotatable bonds is 12. The zero-order valence-electron chi connectivity index (χ0n) is 29.0. The first kappa shape index (κ1) is 39.4. The Morgan fingerprint density at radius 2 is 1.67 bits per heavy atom. The van der Waals surface area contributed by atoms with Crippen LogP contribution in [-0.2, 0) is 26.0 Å². The fourth-order valence-corrected chi connectivity index (χ4v) is 8.44. The predicted molar refractivity (Wildman–Crippen MR) is 206 cm³/mol. The highest BCUT2D eigenvalue weighted by atomic mass is 35.5. The summed E-state index contributed by atoms with van der Waals surface area (Å²) in [6, 6.07) is 19.1. The molecule has 1 saturated carbocycles. The van der Waals surface area contributed by atoms with Crippen LogP contribution in [0.3, 0.4) is 0 Å². The van der Waals surface area contributed by atoms with Gasteiger partial charge in [0.05, 0.1) is 4.90 Å². The monoisotopic (exact) mass is 768 g/mol. The number of sulfonamides is 1. The van der Waals surface area contributed by atoms with Crippen molar-refractivity contribution in [3.8, 4) is 22.5 Å². The molecule has 6 rings (SSSR count). The molecule has 1 aromatic heterocycles. The number of halogens is 2. The average molecular weight is 770 g/mol. The van der Waals surface area contributed by atoms with E-state index in [2.05, 4.69) is 35.9 Å². The van der Waals surface area contributed by atoms with Gasteiger partial charge in [0.2, 0.25) is 27.1 Å². The van der Waals surface area contributed by atoms with E-state index in [1.807, 2.05) is 37.3 Å². The molecule has 0 radical (unpaired) electrons. The van der Waals surface area contributed by atoms with Gasteiger partial charge in [-0.05, 0) is 141 Å². The van der Waals surface area contributed by atoms with Crippen LogP contribution >= 0.6 is 24.0 Å². The lowest BCUT2D eigenvalue weighted by Crippen LogP contribution is -2.48. The summed E-state index contributed by atoms with van der Waals surface area (Å²) in [6.07, 6.45) is 5.02. The van der Waals surface area contributed by atoms with Crippen molar-refractivity contribution in [3.05, 3.63) is 83.1 Å². The van der Waals surface area contributed by atoms with Gasteiger partial charge in [-0.3, -0.25) is 9.59 Å². The standard InChI is InChI=1S/C37H45ClN8O4S.ClH/c1-23-19-31(51(49,50)46-30-15-17-40-18-16-30)13-14-32(23)28-4-2-3-25(20-28)21-33(42-35(47)27-7-5-24(22-39)6-8-27)36(48)41-29-11-9-26(10-12-29)34-43-37(38)45-44-34;/h2-4,9-14,19-20,24,27,30,33,40,46H,5-8,15-18,21-22,39H2,1H3,(H,41,48)(H,42,47)(H,43,44,45);1H/t24-,27-,33-;/m0./s1. The van der Waals surface area contributed by atoms with Crippen molar-refractivity contribution >= 4 is 51.5 Å². The molecule has 52 heavy (non-hydrogen) atoms. The molecular formula is C37H46Cl2N8O4S. The van der Waals surface area contributed by atoms with Gasteiger partial charge in [0.15, 0.2) is 5.82 Å². The molecule has 1 saturated heterocycles. The number of amides is 2. The Kier molecular flexibility index (Phi) is 13.5. The highest BCUT2D eigenvalue weighted by molar-refractivity contribution is 7.89. The molecule has 2 fully saturated rings. The van der Waals surface area contributed by atoms with Gasteiger partial charge in [0, 0.05) is 29.6 Å². The van der Waals surface area contributed by atoms with E-state index in [0.717, 1.165) is 79.4 Å². The van der Waals surface area contributed by atoms with E-state index in [9.17, 15) is 18.0 Å². The third kappa shape index (κ3) is 9.97. The molecule has 0 spiro atoms. The molecule has 2 heterocycles. The van der Waals surface area contributed by atoms with E-state index >= 15 is 0 Å². The van der Waals surface area contributed by atoms with Crippen LogP contribution in [0.2, 0.25) is 5.28 Å². The highest BCUT2D eigenvalue weighted by Gasteiger charge is 2.30. The van der Waals surface area contributed by atoms with Gasteiger partial charge in [0.25, 0.3) is 0 Å². The minimum atomic E-state index is -3.66. The van der Waals surface area contributed by atoms with Crippen LogP contribution in [0.4, 0.5) is 5.69 Å². The van der Waals surface area contributed by atoms with Crippen LogP contribution in [0.1, 0.15) is 49.7 Å². The van der Waals surface area contributed by atoms with Crippen molar-refractivity contribution in [3.63, 3.8) is 0 Å². The quantitative estimate of drug-likeness (QED) is 0.117. The van der Waals surface area contributed by atoms with Crippen LogP contribution in [0, 0.1) is 18.8 Å². The summed E-state index contributed by atoms with van der Waals surface area (Å²) in [4.78, 5) is 30.4. The average Bonchev–Trinajstić information content (AvgIpc) is 3.58. The lowest BCUT2D eigenvalue weighted by Gasteiger charge is -2.28. The van der Waals surface area contributed by atoms with Crippen molar-refractivity contribution in [2.75, 3.05) is 25.0 Å². The molecule has 1 aliphatic heterocycles. The lowest BCUT2D eigenvalue weighted by atomic mass is 9.81. The molecule has 0 unspecified atom stereocenters. The molecule has 3 aromatic carbocycles. The van der Waals surface area contributed by atoms with Crippen LogP contribution in [0.5, 0.6) is 0 Å². The maximum absolute atomic E-state index is 13.8. The van der Waals surface area contributed by atoms with Gasteiger partial charge in [-0.1, -0.05) is 30.3 Å². The normalized spacial score (nSPS) is 18.6. The largest absolute Gasteiger partial charge is 0.344 e. The number of aromatic amines is 1. The number of piperidine rings is 1. The fraction of sp³-hybridized carbons (Fsp3) is 0.405. The maximum atomic E-state index is 13.8. The number of anilines is 1. The van der Waals surface area contributed by atoms with E-state index in [4.69, 9.17) is 17.3 Å². The van der Waals surface area contributed by atoms with Gasteiger partial charge < -0.3 is 26.7 Å². The second kappa shape index (κ2) is 17.8. The minimum absolute atomic E-state index is 0. The summed E-state index contributed by atoms with van der Waals surface area (Å²) in [5.41, 5.74) is 10.6. The summed E-state index contributed by atoms with van der Waals surface area (Å²) in [5.74, 6) is 0.281. The van der Waals surface area contributed by atoms with E-state index in [1.165, 1.54) is 0 Å². The number of hydrogen-bond donors (Lipinski definition) is 6. The Hall–Kier alpha value is -3.85. The molecule has 7 N–H and O–H groups in total. The number of benzene rings is 3. The maximum Gasteiger partial charge on any atom is 0.247 e. The number of nitrogens with zero attached hydrogens (tertiary/aromatic N) is 2. The molecule has 4 aromatic rings. The molecule has 1 aliphatic carbocycles. The van der Waals surface area contributed by atoms with Crippen molar-refractivity contribution < 1.29 is 18.0 Å². The summed E-state index contributed by atoms with van der Waals surface area (Å²) >= 11 is 5.88. The van der Waals surface area contributed by atoms with E-state index in [0.29, 0.717) is 24.0 Å². The van der Waals surface area contributed by atoms with Gasteiger partial charge in [-0.2, -0.15) is 0 Å². The summed E-state index contributed by atoms with van der Waals surface area (Å²) < 4.78 is 29.2. The first-order chi connectivity index (χ1) is 24.6. The van der Waals surface area contributed by atoms with Crippen molar-refractivity contribution in [1.29, 1.82) is 0 Å². The molecule has 12 nitrogen and oxygen atoms in total. The molecule has 0 bridgehead atoms. The van der Waals surface area contributed by atoms with Crippen molar-refractivity contribution in [2.24, 2.45) is 17.6 Å². The Labute approximate surface area is 315 Å². The third-order valence-corrected chi connectivity index (χ3v) is 11.6. The number of hydrogen-bond acceptors (Lipinski definition) is 8. The number of aryl methyl sites for hydroxylation is 1. The van der Waals surface area contributed by atoms with Gasteiger partial charge in [0.1, 0.15) is 6.04 Å². The molecule has 2 amide bonds. The second-order valence-corrected chi connectivity index (χ2v) is 15.6. The SMILES string of the molecule is Cc1cc(S(=O)(=O)NC2CCNCC2)ccc1-c1cccc(C[C@H](NC(=O)[C@H]2CC[C@H](CN)CC2)C(=O)Nc2ccc(-c3nnc(Cl)[nH]3)cc2)c1.Cl. The highest BCUT2D eigenvalue weighted by Crippen LogP contribution is 2.30. The second-order valence-electron chi connectivity index (χ2n) is 13.6. The van der Waals surface area contributed by atoms with Gasteiger partial charge >= 0.3 is 0 Å². The van der Waals surface area contributed by atoms with Crippen molar-refractivity contribution in [2.45, 2.75) is 68.8 Å².